The van der Waals surface area contributed by atoms with Gasteiger partial charge >= 0.3 is 0 Å². The topological polar surface area (TPSA) is 75.0 Å². The number of hydrogen-bond acceptors (Lipinski definition) is 4. The van der Waals surface area contributed by atoms with Gasteiger partial charge in [0.25, 0.3) is 0 Å². The molecule has 0 saturated heterocycles. The summed E-state index contributed by atoms with van der Waals surface area (Å²) in [6.07, 6.45) is 1.58. The number of nitrogens with one attached hydrogen (secondary N) is 1. The number of rotatable bonds is 3. The van der Waals surface area contributed by atoms with Gasteiger partial charge in [-0.05, 0) is 30.7 Å². The molecule has 1 N–H and O–H groups in total. The van der Waals surface area contributed by atoms with Crippen LogP contribution in [0.3, 0.4) is 0 Å². The number of pyridine rings is 1. The van der Waals surface area contributed by atoms with E-state index in [1.807, 2.05) is 6.92 Å². The molecule has 1 aromatic heterocycles. The van der Waals surface area contributed by atoms with Crippen molar-refractivity contribution >= 4 is 11.6 Å². The second-order valence-corrected chi connectivity index (χ2v) is 4.20. The molecule has 0 aliphatic heterocycles. The number of anilines is 1. The molecule has 0 atom stereocenters. The lowest BCUT2D eigenvalue weighted by Crippen LogP contribution is -2.07. The predicted molar refractivity (Wildman–Crippen MR) is 74.5 cm³/mol. The first-order valence-corrected chi connectivity index (χ1v) is 6.02. The smallest absolute Gasteiger partial charge is 0.237 e. The number of nitrogens with zero attached hydrogens (tertiary/aromatic N) is 2. The lowest BCUT2D eigenvalue weighted by molar-refractivity contribution is -0.114. The highest BCUT2D eigenvalue weighted by molar-refractivity contribution is 5.90. The first-order chi connectivity index (χ1) is 9.61. The SMILES string of the molecule is CC(=O)Nc1ccccc1Oc1nccc(C)c1C#N. The van der Waals surface area contributed by atoms with Gasteiger partial charge in [-0.1, -0.05) is 12.1 Å². The summed E-state index contributed by atoms with van der Waals surface area (Å²) in [5.74, 6) is 0.473. The van der Waals surface area contributed by atoms with Crippen LogP contribution in [0.1, 0.15) is 18.1 Å². The first kappa shape index (κ1) is 13.6. The second-order valence-electron chi connectivity index (χ2n) is 4.20. The molecule has 0 radical (unpaired) electrons. The van der Waals surface area contributed by atoms with Crippen molar-refractivity contribution < 1.29 is 9.53 Å². The normalized spacial score (nSPS) is 9.65. The zero-order valence-corrected chi connectivity index (χ0v) is 11.2. The van der Waals surface area contributed by atoms with Crippen LogP contribution in [0.4, 0.5) is 5.69 Å². The maximum Gasteiger partial charge on any atom is 0.237 e. The number of benzene rings is 1. The molecule has 0 spiro atoms. The molecule has 2 rings (SSSR count). The van der Waals surface area contributed by atoms with E-state index in [4.69, 9.17) is 10.00 Å². The third-order valence-corrected chi connectivity index (χ3v) is 2.64. The second kappa shape index (κ2) is 5.85. The standard InChI is InChI=1S/C15H13N3O2/c1-10-7-8-17-15(12(10)9-16)20-14-6-4-3-5-13(14)18-11(2)19/h3-8H,1-2H3,(H,18,19). The summed E-state index contributed by atoms with van der Waals surface area (Å²) in [4.78, 5) is 15.2. The third kappa shape index (κ3) is 2.93. The van der Waals surface area contributed by atoms with Crippen molar-refractivity contribution in [1.29, 1.82) is 5.26 Å². The van der Waals surface area contributed by atoms with Crippen LogP contribution in [0, 0.1) is 18.3 Å². The number of aryl methyl sites for hydroxylation is 1. The molecule has 20 heavy (non-hydrogen) atoms. The maximum atomic E-state index is 11.2. The number of carbonyl (C=O) groups excluding carboxylic acids is 1. The Bertz CT molecular complexity index is 690. The van der Waals surface area contributed by atoms with E-state index < -0.39 is 0 Å². The predicted octanol–water partition coefficient (Wildman–Crippen LogP) is 3.01. The number of hydrogen-bond donors (Lipinski definition) is 1. The molecule has 0 unspecified atom stereocenters. The van der Waals surface area contributed by atoms with Crippen LogP contribution >= 0.6 is 0 Å². The fourth-order valence-electron chi connectivity index (χ4n) is 1.70. The first-order valence-electron chi connectivity index (χ1n) is 6.02. The van der Waals surface area contributed by atoms with Crippen molar-refractivity contribution in [3.63, 3.8) is 0 Å². The van der Waals surface area contributed by atoms with Crippen molar-refractivity contribution in [2.45, 2.75) is 13.8 Å². The molecule has 1 aromatic carbocycles. The maximum absolute atomic E-state index is 11.2. The molecule has 2 aromatic rings. The zero-order valence-electron chi connectivity index (χ0n) is 11.2. The Morgan fingerprint density at radius 2 is 2.10 bits per heavy atom. The van der Waals surface area contributed by atoms with Gasteiger partial charge in [0, 0.05) is 13.1 Å². The largest absolute Gasteiger partial charge is 0.435 e. The molecule has 1 heterocycles. The van der Waals surface area contributed by atoms with Crippen LogP contribution in [-0.4, -0.2) is 10.9 Å². The van der Waals surface area contributed by atoms with Crippen LogP contribution in [0.5, 0.6) is 11.6 Å². The van der Waals surface area contributed by atoms with Gasteiger partial charge < -0.3 is 10.1 Å². The molecule has 0 aliphatic carbocycles. The van der Waals surface area contributed by atoms with Gasteiger partial charge in [-0.3, -0.25) is 4.79 Å². The van der Waals surface area contributed by atoms with Crippen LogP contribution in [0.2, 0.25) is 0 Å². The van der Waals surface area contributed by atoms with Gasteiger partial charge in [0.1, 0.15) is 11.6 Å². The molecular weight excluding hydrogens is 254 g/mol. The van der Waals surface area contributed by atoms with Gasteiger partial charge in [-0.15, -0.1) is 0 Å². The zero-order chi connectivity index (χ0) is 14.5. The fourth-order valence-corrected chi connectivity index (χ4v) is 1.70. The molecule has 0 aliphatic rings. The Labute approximate surface area is 116 Å². The number of amides is 1. The average molecular weight is 267 g/mol. The monoisotopic (exact) mass is 267 g/mol. The lowest BCUT2D eigenvalue weighted by atomic mass is 10.2. The minimum Gasteiger partial charge on any atom is -0.435 e. The highest BCUT2D eigenvalue weighted by Gasteiger charge is 2.11. The molecular formula is C15H13N3O2. The average Bonchev–Trinajstić information content (AvgIpc) is 2.41. The summed E-state index contributed by atoms with van der Waals surface area (Å²) >= 11 is 0. The Balaban J connectivity index is 2.38. The van der Waals surface area contributed by atoms with Crippen molar-refractivity contribution in [2.75, 3.05) is 5.32 Å². The van der Waals surface area contributed by atoms with Gasteiger partial charge in [0.2, 0.25) is 11.8 Å². The van der Waals surface area contributed by atoms with Crippen molar-refractivity contribution in [3.8, 4) is 17.7 Å². The summed E-state index contributed by atoms with van der Waals surface area (Å²) in [5.41, 5.74) is 1.70. The number of ether oxygens (including phenoxy) is 1. The van der Waals surface area contributed by atoms with E-state index in [9.17, 15) is 4.79 Å². The number of carbonyl (C=O) groups is 1. The number of nitriles is 1. The van der Waals surface area contributed by atoms with E-state index in [1.165, 1.54) is 6.92 Å². The highest BCUT2D eigenvalue weighted by Crippen LogP contribution is 2.30. The van der Waals surface area contributed by atoms with E-state index in [2.05, 4.69) is 16.4 Å². The number of para-hydroxylation sites is 2. The van der Waals surface area contributed by atoms with E-state index in [1.54, 1.807) is 36.5 Å². The minimum atomic E-state index is -0.196. The van der Waals surface area contributed by atoms with Gasteiger partial charge in [0.05, 0.1) is 5.69 Å². The Morgan fingerprint density at radius 1 is 1.35 bits per heavy atom. The van der Waals surface area contributed by atoms with Crippen LogP contribution < -0.4 is 10.1 Å². The van der Waals surface area contributed by atoms with Crippen LogP contribution in [-0.2, 0) is 4.79 Å². The van der Waals surface area contributed by atoms with Gasteiger partial charge in [-0.25, -0.2) is 4.98 Å². The Morgan fingerprint density at radius 3 is 2.80 bits per heavy atom. The molecule has 0 fully saturated rings. The highest BCUT2D eigenvalue weighted by atomic mass is 16.5. The molecule has 5 heteroatoms. The summed E-state index contributed by atoms with van der Waals surface area (Å²) < 4.78 is 5.66. The summed E-state index contributed by atoms with van der Waals surface area (Å²) in [6, 6.07) is 10.8. The van der Waals surface area contributed by atoms with Crippen molar-refractivity contribution in [2.24, 2.45) is 0 Å². The van der Waals surface area contributed by atoms with Crippen LogP contribution in [0.25, 0.3) is 0 Å². The van der Waals surface area contributed by atoms with Crippen molar-refractivity contribution in [3.05, 3.63) is 47.7 Å². The number of aromatic nitrogens is 1. The minimum absolute atomic E-state index is 0.196. The summed E-state index contributed by atoms with van der Waals surface area (Å²) in [7, 11) is 0. The summed E-state index contributed by atoms with van der Waals surface area (Å²) in [6.45, 7) is 3.23. The third-order valence-electron chi connectivity index (χ3n) is 2.64. The lowest BCUT2D eigenvalue weighted by Gasteiger charge is -2.11. The molecule has 100 valence electrons. The Kier molecular flexibility index (Phi) is 3.96. The quantitative estimate of drug-likeness (QED) is 0.927. The fraction of sp³-hybridized carbons (Fsp3) is 0.133. The van der Waals surface area contributed by atoms with E-state index in [0.717, 1.165) is 5.56 Å². The Hall–Kier alpha value is -2.87. The molecule has 0 saturated carbocycles. The van der Waals surface area contributed by atoms with Crippen molar-refractivity contribution in [1.82, 2.24) is 4.98 Å². The summed E-state index contributed by atoms with van der Waals surface area (Å²) in [5, 5.41) is 11.8. The van der Waals surface area contributed by atoms with E-state index in [0.29, 0.717) is 17.0 Å². The molecule has 0 bridgehead atoms. The van der Waals surface area contributed by atoms with E-state index in [-0.39, 0.29) is 11.8 Å². The van der Waals surface area contributed by atoms with Gasteiger partial charge in [0.15, 0.2) is 5.75 Å². The molecule has 1 amide bonds. The van der Waals surface area contributed by atoms with Crippen LogP contribution in [0.15, 0.2) is 36.5 Å². The molecule has 5 nitrogen and oxygen atoms in total. The van der Waals surface area contributed by atoms with Gasteiger partial charge in [-0.2, -0.15) is 5.26 Å². The van der Waals surface area contributed by atoms with E-state index >= 15 is 0 Å².